The maximum atomic E-state index is 12.6. The molecule has 3 aliphatic rings. The minimum absolute atomic E-state index is 0. The number of hydrogen-bond donors (Lipinski definition) is 1. The molecule has 3 rings (SSSR count). The number of nitrogens with one attached hydrogen (secondary N) is 1. The molecule has 0 saturated carbocycles. The summed E-state index contributed by atoms with van der Waals surface area (Å²) in [4.78, 5) is 17.3. The molecule has 0 spiro atoms. The van der Waals surface area contributed by atoms with E-state index in [1.54, 1.807) is 0 Å². The van der Waals surface area contributed by atoms with E-state index >= 15 is 0 Å². The zero-order chi connectivity index (χ0) is 15.4. The molecule has 4 nitrogen and oxygen atoms in total. The molecule has 0 radical (unpaired) electrons. The van der Waals surface area contributed by atoms with Gasteiger partial charge in [-0.1, -0.05) is 6.92 Å². The van der Waals surface area contributed by atoms with Crippen LogP contribution in [0.2, 0.25) is 0 Å². The Hall–Kier alpha value is -0.0300. The highest BCUT2D eigenvalue weighted by atomic mass is 35.5. The van der Waals surface area contributed by atoms with Gasteiger partial charge < -0.3 is 15.1 Å². The van der Waals surface area contributed by atoms with Crippen LogP contribution in [0.4, 0.5) is 0 Å². The fourth-order valence-corrected chi connectivity index (χ4v) is 4.47. The van der Waals surface area contributed by atoms with E-state index in [1.807, 2.05) is 0 Å². The SMILES string of the molecule is CC(CC(=O)N1CCC(CN2CCCC2)C1)C1CCCNC1.Cl.Cl. The van der Waals surface area contributed by atoms with Gasteiger partial charge >= 0.3 is 0 Å². The summed E-state index contributed by atoms with van der Waals surface area (Å²) in [7, 11) is 0. The first-order valence-corrected chi connectivity index (χ1v) is 9.43. The van der Waals surface area contributed by atoms with E-state index in [2.05, 4.69) is 22.0 Å². The van der Waals surface area contributed by atoms with Gasteiger partial charge in [0.15, 0.2) is 0 Å². The van der Waals surface area contributed by atoms with Crippen LogP contribution < -0.4 is 5.32 Å². The number of halogens is 2. The third-order valence-corrected chi connectivity index (χ3v) is 5.99. The largest absolute Gasteiger partial charge is 0.342 e. The summed E-state index contributed by atoms with van der Waals surface area (Å²) < 4.78 is 0. The van der Waals surface area contributed by atoms with E-state index in [4.69, 9.17) is 0 Å². The molecule has 6 heteroatoms. The monoisotopic (exact) mass is 379 g/mol. The Bertz CT molecular complexity index is 371. The van der Waals surface area contributed by atoms with Crippen LogP contribution in [0, 0.1) is 17.8 Å². The van der Waals surface area contributed by atoms with Gasteiger partial charge in [0.25, 0.3) is 0 Å². The quantitative estimate of drug-likeness (QED) is 0.797. The molecule has 3 fully saturated rings. The summed E-state index contributed by atoms with van der Waals surface area (Å²) in [6, 6.07) is 0. The fourth-order valence-electron chi connectivity index (χ4n) is 4.47. The normalized spacial score (nSPS) is 29.0. The van der Waals surface area contributed by atoms with Gasteiger partial charge in [0.1, 0.15) is 0 Å². The van der Waals surface area contributed by atoms with Gasteiger partial charge in [0.2, 0.25) is 5.91 Å². The molecular weight excluding hydrogens is 345 g/mol. The molecule has 3 unspecified atom stereocenters. The number of carbonyl (C=O) groups excluding carboxylic acids is 1. The van der Waals surface area contributed by atoms with E-state index in [0.29, 0.717) is 23.7 Å². The van der Waals surface area contributed by atoms with Crippen LogP contribution in [0.15, 0.2) is 0 Å². The van der Waals surface area contributed by atoms with Crippen molar-refractivity contribution in [1.29, 1.82) is 0 Å². The molecule has 0 aromatic rings. The summed E-state index contributed by atoms with van der Waals surface area (Å²) in [6.07, 6.45) is 7.25. The van der Waals surface area contributed by atoms with Crippen LogP contribution in [0.1, 0.15) is 45.4 Å². The molecule has 142 valence electrons. The predicted molar refractivity (Wildman–Crippen MR) is 104 cm³/mol. The second kappa shape index (κ2) is 10.8. The van der Waals surface area contributed by atoms with Crippen molar-refractivity contribution in [3.8, 4) is 0 Å². The van der Waals surface area contributed by atoms with Crippen LogP contribution in [-0.4, -0.2) is 61.5 Å². The van der Waals surface area contributed by atoms with Gasteiger partial charge in [-0.2, -0.15) is 0 Å². The molecule has 3 saturated heterocycles. The van der Waals surface area contributed by atoms with Crippen LogP contribution in [0.3, 0.4) is 0 Å². The Morgan fingerprint density at radius 1 is 1.12 bits per heavy atom. The van der Waals surface area contributed by atoms with E-state index in [1.165, 1.54) is 51.7 Å². The minimum Gasteiger partial charge on any atom is -0.342 e. The molecule has 1 amide bonds. The van der Waals surface area contributed by atoms with Gasteiger partial charge in [-0.15, -0.1) is 24.8 Å². The first-order chi connectivity index (χ1) is 10.7. The summed E-state index contributed by atoms with van der Waals surface area (Å²) in [5.74, 6) is 2.34. The summed E-state index contributed by atoms with van der Waals surface area (Å²) in [5, 5.41) is 3.48. The Labute approximate surface area is 159 Å². The van der Waals surface area contributed by atoms with E-state index in [-0.39, 0.29) is 24.8 Å². The highest BCUT2D eigenvalue weighted by molar-refractivity contribution is 5.85. The van der Waals surface area contributed by atoms with Crippen molar-refractivity contribution in [1.82, 2.24) is 15.1 Å². The third kappa shape index (κ3) is 6.05. The standard InChI is InChI=1S/C18H33N3O.2ClH/c1-15(17-5-4-7-19-12-17)11-18(22)21-10-6-16(14-21)13-20-8-2-3-9-20;;/h15-17,19H,2-14H2,1H3;2*1H. The second-order valence-corrected chi connectivity index (χ2v) is 7.79. The molecule has 3 aliphatic heterocycles. The van der Waals surface area contributed by atoms with Gasteiger partial charge in [-0.3, -0.25) is 4.79 Å². The molecule has 3 atom stereocenters. The second-order valence-electron chi connectivity index (χ2n) is 7.79. The Balaban J connectivity index is 0.00000144. The van der Waals surface area contributed by atoms with Crippen molar-refractivity contribution < 1.29 is 4.79 Å². The van der Waals surface area contributed by atoms with Crippen LogP contribution >= 0.6 is 24.8 Å². The maximum absolute atomic E-state index is 12.6. The molecule has 0 bridgehead atoms. The molecule has 0 aromatic carbocycles. The number of nitrogens with zero attached hydrogens (tertiary/aromatic N) is 2. The number of likely N-dealkylation sites (tertiary alicyclic amines) is 2. The Morgan fingerprint density at radius 2 is 1.88 bits per heavy atom. The van der Waals surface area contributed by atoms with E-state index in [9.17, 15) is 4.79 Å². The third-order valence-electron chi connectivity index (χ3n) is 5.99. The van der Waals surface area contributed by atoms with Crippen molar-refractivity contribution in [2.45, 2.75) is 45.4 Å². The van der Waals surface area contributed by atoms with Gasteiger partial charge in [-0.25, -0.2) is 0 Å². The number of rotatable bonds is 5. The number of hydrogen-bond acceptors (Lipinski definition) is 3. The lowest BCUT2D eigenvalue weighted by Gasteiger charge is -2.29. The number of piperidine rings is 1. The zero-order valence-corrected chi connectivity index (χ0v) is 16.7. The van der Waals surface area contributed by atoms with Crippen LogP contribution in [0.25, 0.3) is 0 Å². The number of carbonyl (C=O) groups is 1. The highest BCUT2D eigenvalue weighted by Gasteiger charge is 2.30. The van der Waals surface area contributed by atoms with Crippen molar-refractivity contribution in [3.63, 3.8) is 0 Å². The first kappa shape index (κ1) is 22.0. The van der Waals surface area contributed by atoms with Crippen LogP contribution in [0.5, 0.6) is 0 Å². The molecule has 0 aromatic heterocycles. The highest BCUT2D eigenvalue weighted by Crippen LogP contribution is 2.25. The Morgan fingerprint density at radius 3 is 2.54 bits per heavy atom. The first-order valence-electron chi connectivity index (χ1n) is 9.43. The van der Waals surface area contributed by atoms with E-state index < -0.39 is 0 Å². The van der Waals surface area contributed by atoms with Crippen molar-refractivity contribution >= 4 is 30.7 Å². The molecule has 1 N–H and O–H groups in total. The van der Waals surface area contributed by atoms with E-state index in [0.717, 1.165) is 32.6 Å². The van der Waals surface area contributed by atoms with Gasteiger partial charge in [0, 0.05) is 26.1 Å². The zero-order valence-electron chi connectivity index (χ0n) is 15.0. The lowest BCUT2D eigenvalue weighted by Crippen LogP contribution is -2.37. The average Bonchev–Trinajstić information content (AvgIpc) is 3.20. The predicted octanol–water partition coefficient (Wildman–Crippen LogP) is 2.80. The Kier molecular flexibility index (Phi) is 9.95. The fraction of sp³-hybridized carbons (Fsp3) is 0.944. The minimum atomic E-state index is 0. The summed E-state index contributed by atoms with van der Waals surface area (Å²) in [6.45, 7) is 10.3. The lowest BCUT2D eigenvalue weighted by molar-refractivity contribution is -0.131. The van der Waals surface area contributed by atoms with Gasteiger partial charge in [0.05, 0.1) is 0 Å². The molecule has 0 aliphatic carbocycles. The molecule has 3 heterocycles. The number of amides is 1. The van der Waals surface area contributed by atoms with Gasteiger partial charge in [-0.05, 0) is 76.0 Å². The van der Waals surface area contributed by atoms with Crippen molar-refractivity contribution in [2.24, 2.45) is 17.8 Å². The van der Waals surface area contributed by atoms with Crippen molar-refractivity contribution in [2.75, 3.05) is 45.8 Å². The molecular formula is C18H35Cl2N3O. The summed E-state index contributed by atoms with van der Waals surface area (Å²) in [5.41, 5.74) is 0. The lowest BCUT2D eigenvalue weighted by atomic mass is 9.85. The van der Waals surface area contributed by atoms with Crippen LogP contribution in [-0.2, 0) is 4.79 Å². The van der Waals surface area contributed by atoms with Crippen molar-refractivity contribution in [3.05, 3.63) is 0 Å². The smallest absolute Gasteiger partial charge is 0.222 e. The maximum Gasteiger partial charge on any atom is 0.222 e. The topological polar surface area (TPSA) is 35.6 Å². The average molecular weight is 380 g/mol. The molecule has 24 heavy (non-hydrogen) atoms. The summed E-state index contributed by atoms with van der Waals surface area (Å²) >= 11 is 0.